The predicted molar refractivity (Wildman–Crippen MR) is 99.5 cm³/mol. The molecule has 0 spiro atoms. The third kappa shape index (κ3) is 5.08. The summed E-state index contributed by atoms with van der Waals surface area (Å²) in [5.41, 5.74) is 0.387. The van der Waals surface area contributed by atoms with Crippen LogP contribution in [-0.4, -0.2) is 38.3 Å². The van der Waals surface area contributed by atoms with Gasteiger partial charge in [-0.2, -0.15) is 13.1 Å². The Balaban J connectivity index is 1.58. The van der Waals surface area contributed by atoms with Crippen molar-refractivity contribution in [3.63, 3.8) is 0 Å². The molecule has 30 heavy (non-hydrogen) atoms. The Morgan fingerprint density at radius 3 is 2.23 bits per heavy atom. The maximum atomic E-state index is 13.4. The number of piperidine rings is 1. The highest BCUT2D eigenvalue weighted by atomic mass is 32.2. The van der Waals surface area contributed by atoms with Crippen molar-refractivity contribution in [2.75, 3.05) is 18.4 Å². The third-order valence-corrected chi connectivity index (χ3v) is 6.60. The number of sulfonamides is 1. The molecule has 0 atom stereocenters. The monoisotopic (exact) mass is 446 g/mol. The van der Waals surface area contributed by atoms with E-state index in [1.807, 2.05) is 0 Å². The van der Waals surface area contributed by atoms with E-state index in [0.29, 0.717) is 11.8 Å². The molecule has 0 bridgehead atoms. The Kier molecular flexibility index (Phi) is 6.61. The lowest BCUT2D eigenvalue weighted by Gasteiger charge is -2.30. The summed E-state index contributed by atoms with van der Waals surface area (Å²) in [4.78, 5) is 12.1. The fourth-order valence-electron chi connectivity index (χ4n) is 3.11. The van der Waals surface area contributed by atoms with Crippen molar-refractivity contribution in [3.05, 3.63) is 54.1 Å². The van der Waals surface area contributed by atoms with Gasteiger partial charge in [-0.15, -0.1) is 0 Å². The van der Waals surface area contributed by atoms with E-state index in [9.17, 15) is 30.8 Å². The van der Waals surface area contributed by atoms with Crippen LogP contribution in [0.15, 0.2) is 47.4 Å². The molecule has 1 amide bonds. The molecule has 3 rings (SSSR count). The number of nitrogens with zero attached hydrogens (tertiary/aromatic N) is 1. The molecule has 1 aliphatic rings. The first-order valence-corrected chi connectivity index (χ1v) is 10.4. The molecule has 11 heteroatoms. The van der Waals surface area contributed by atoms with E-state index in [0.717, 1.165) is 16.4 Å². The number of hydrogen-bond acceptors (Lipinski definition) is 4. The summed E-state index contributed by atoms with van der Waals surface area (Å²) < 4.78 is 81.3. The zero-order chi connectivity index (χ0) is 21.9. The van der Waals surface area contributed by atoms with Crippen molar-refractivity contribution in [2.45, 2.75) is 24.3 Å². The van der Waals surface area contributed by atoms with Gasteiger partial charge in [0.15, 0.2) is 11.6 Å². The number of carbonyl (C=O) groups is 1. The quantitative estimate of drug-likeness (QED) is 0.688. The van der Waals surface area contributed by atoms with Crippen LogP contribution < -0.4 is 10.1 Å². The number of anilines is 1. The van der Waals surface area contributed by atoms with Crippen LogP contribution in [0.25, 0.3) is 0 Å². The number of alkyl halides is 2. The van der Waals surface area contributed by atoms with Gasteiger partial charge < -0.3 is 10.1 Å². The second-order valence-corrected chi connectivity index (χ2v) is 8.58. The topological polar surface area (TPSA) is 75.7 Å². The molecule has 0 unspecified atom stereocenters. The highest BCUT2D eigenvalue weighted by Gasteiger charge is 2.32. The van der Waals surface area contributed by atoms with Crippen molar-refractivity contribution in [1.29, 1.82) is 0 Å². The lowest BCUT2D eigenvalue weighted by Crippen LogP contribution is -2.41. The summed E-state index contributed by atoms with van der Waals surface area (Å²) in [5, 5.41) is 2.65. The molecule has 0 aromatic heterocycles. The first-order chi connectivity index (χ1) is 14.2. The number of nitrogens with one attached hydrogen (secondary N) is 1. The Labute approximate surface area is 170 Å². The maximum absolute atomic E-state index is 13.4. The first kappa shape index (κ1) is 22.0. The Bertz CT molecular complexity index is 1010. The van der Waals surface area contributed by atoms with Gasteiger partial charge in [0.2, 0.25) is 15.9 Å². The van der Waals surface area contributed by atoms with Crippen LogP contribution in [0.4, 0.5) is 23.2 Å². The average molecular weight is 446 g/mol. The molecule has 1 N–H and O–H groups in total. The zero-order valence-corrected chi connectivity index (χ0v) is 16.3. The van der Waals surface area contributed by atoms with Crippen molar-refractivity contribution in [1.82, 2.24) is 4.31 Å². The fourth-order valence-corrected chi connectivity index (χ4v) is 4.59. The number of amides is 1. The minimum atomic E-state index is -4.00. The molecular formula is C19H18F4N2O4S. The summed E-state index contributed by atoms with van der Waals surface area (Å²) in [6.07, 6.45) is 0.475. The molecule has 2 aromatic rings. The lowest BCUT2D eigenvalue weighted by molar-refractivity contribution is -0.120. The summed E-state index contributed by atoms with van der Waals surface area (Å²) in [5.74, 6) is -3.23. The Morgan fingerprint density at radius 2 is 1.67 bits per heavy atom. The minimum Gasteiger partial charge on any atom is -0.435 e. The SMILES string of the molecule is O=C(Nc1ccc(OC(F)F)cc1)C1CCN(S(=O)(=O)c2ccc(F)c(F)c2)CC1. The van der Waals surface area contributed by atoms with Gasteiger partial charge in [0, 0.05) is 24.7 Å². The van der Waals surface area contributed by atoms with Gasteiger partial charge in [-0.05, 0) is 55.3 Å². The van der Waals surface area contributed by atoms with Gasteiger partial charge >= 0.3 is 6.61 Å². The molecule has 0 saturated carbocycles. The first-order valence-electron chi connectivity index (χ1n) is 8.98. The Morgan fingerprint density at radius 1 is 1.03 bits per heavy atom. The van der Waals surface area contributed by atoms with Crippen molar-refractivity contribution in [2.24, 2.45) is 5.92 Å². The number of halogens is 4. The predicted octanol–water partition coefficient (Wildman–Crippen LogP) is 3.61. The van der Waals surface area contributed by atoms with Gasteiger partial charge in [0.05, 0.1) is 4.90 Å². The van der Waals surface area contributed by atoms with Crippen LogP contribution in [0.2, 0.25) is 0 Å². The van der Waals surface area contributed by atoms with Crippen LogP contribution in [-0.2, 0) is 14.8 Å². The summed E-state index contributed by atoms with van der Waals surface area (Å²) in [6.45, 7) is -2.86. The van der Waals surface area contributed by atoms with Gasteiger partial charge in [-0.3, -0.25) is 4.79 Å². The lowest BCUT2D eigenvalue weighted by atomic mass is 9.97. The van der Waals surface area contributed by atoms with Crippen molar-refractivity contribution < 1.29 is 35.5 Å². The van der Waals surface area contributed by atoms with E-state index in [4.69, 9.17) is 0 Å². The standard InChI is InChI=1S/C19H18F4N2O4S/c20-16-6-5-15(11-17(16)21)30(27,28)25-9-7-12(8-10-25)18(26)24-13-1-3-14(4-2-13)29-19(22)23/h1-6,11-12,19H,7-10H2,(H,24,26). The summed E-state index contributed by atoms with van der Waals surface area (Å²) in [6, 6.07) is 7.78. The van der Waals surface area contributed by atoms with E-state index in [-0.39, 0.29) is 42.5 Å². The number of benzene rings is 2. The molecular weight excluding hydrogens is 428 g/mol. The Hall–Kier alpha value is -2.66. The molecule has 1 heterocycles. The van der Waals surface area contributed by atoms with E-state index in [1.54, 1.807) is 0 Å². The van der Waals surface area contributed by atoms with Crippen molar-refractivity contribution in [3.8, 4) is 5.75 Å². The summed E-state index contributed by atoms with van der Waals surface area (Å²) >= 11 is 0. The molecule has 1 fully saturated rings. The van der Waals surface area contributed by atoms with Gasteiger partial charge in [0.1, 0.15) is 5.75 Å². The van der Waals surface area contributed by atoms with E-state index < -0.39 is 34.2 Å². The molecule has 6 nitrogen and oxygen atoms in total. The van der Waals surface area contributed by atoms with Gasteiger partial charge in [-0.25, -0.2) is 17.2 Å². The van der Waals surface area contributed by atoms with Crippen molar-refractivity contribution >= 4 is 21.6 Å². The zero-order valence-electron chi connectivity index (χ0n) is 15.5. The third-order valence-electron chi connectivity index (χ3n) is 4.70. The molecule has 0 radical (unpaired) electrons. The van der Waals surface area contributed by atoms with Crippen LogP contribution in [0, 0.1) is 17.6 Å². The average Bonchev–Trinajstić information content (AvgIpc) is 2.71. The fraction of sp³-hybridized carbons (Fsp3) is 0.316. The molecule has 1 aliphatic heterocycles. The highest BCUT2D eigenvalue weighted by Crippen LogP contribution is 2.26. The maximum Gasteiger partial charge on any atom is 0.387 e. The number of ether oxygens (including phenoxy) is 1. The van der Waals surface area contributed by atoms with Crippen LogP contribution in [0.1, 0.15) is 12.8 Å². The number of hydrogen-bond donors (Lipinski definition) is 1. The van der Waals surface area contributed by atoms with Gasteiger partial charge in [0.25, 0.3) is 0 Å². The van der Waals surface area contributed by atoms with Crippen LogP contribution in [0.3, 0.4) is 0 Å². The second kappa shape index (κ2) is 9.00. The van der Waals surface area contributed by atoms with Gasteiger partial charge in [-0.1, -0.05) is 0 Å². The second-order valence-electron chi connectivity index (χ2n) is 6.65. The molecule has 2 aromatic carbocycles. The largest absolute Gasteiger partial charge is 0.435 e. The summed E-state index contributed by atoms with van der Waals surface area (Å²) in [7, 11) is -4.00. The molecule has 162 valence electrons. The molecule has 1 saturated heterocycles. The van der Waals surface area contributed by atoms with Crippen LogP contribution in [0.5, 0.6) is 5.75 Å². The number of carbonyl (C=O) groups excluding carboxylic acids is 1. The van der Waals surface area contributed by atoms with E-state index in [2.05, 4.69) is 10.1 Å². The molecule has 0 aliphatic carbocycles. The highest BCUT2D eigenvalue weighted by molar-refractivity contribution is 7.89. The van der Waals surface area contributed by atoms with E-state index >= 15 is 0 Å². The minimum absolute atomic E-state index is 0.0422. The normalized spacial score (nSPS) is 15.9. The van der Waals surface area contributed by atoms with E-state index in [1.165, 1.54) is 24.3 Å². The smallest absolute Gasteiger partial charge is 0.387 e. The van der Waals surface area contributed by atoms with Crippen LogP contribution >= 0.6 is 0 Å². The number of rotatable bonds is 6.